The molecule has 0 unspecified atom stereocenters. The fourth-order valence-electron chi connectivity index (χ4n) is 7.40. The van der Waals surface area contributed by atoms with E-state index >= 15 is 0 Å². The van der Waals surface area contributed by atoms with Crippen LogP contribution in [-0.4, -0.2) is 74.8 Å². The first kappa shape index (κ1) is 56.8. The molecule has 0 fully saturated rings. The van der Waals surface area contributed by atoms with Gasteiger partial charge in [0.25, 0.3) is 0 Å². The molecule has 0 bridgehead atoms. The standard InChI is InChI=1S/2C24H42O3S.Ba/c2*1-2-3-4-5-6-7-8-9-10-11-12-13-14-15-16-17-18-23-19-21-24(22-20-23)28(25,26)27;/h2*19-22H,2-18H2,1H3,(H,25,26,27);/q;;+2/p-2. The second-order valence-electron chi connectivity index (χ2n) is 16.3. The van der Waals surface area contributed by atoms with Gasteiger partial charge in [0.1, 0.15) is 20.2 Å². The maximum atomic E-state index is 10.9. The van der Waals surface area contributed by atoms with Crippen molar-refractivity contribution in [1.29, 1.82) is 0 Å². The smallest absolute Gasteiger partial charge is 0.744 e. The van der Waals surface area contributed by atoms with Gasteiger partial charge in [-0.25, -0.2) is 16.8 Å². The van der Waals surface area contributed by atoms with Gasteiger partial charge in [-0.3, -0.25) is 0 Å². The normalized spacial score (nSPS) is 11.6. The quantitative estimate of drug-likeness (QED) is 0.0382. The molecular formula is C48H82BaO6S2. The first-order valence-corrected chi connectivity index (χ1v) is 26.0. The largest absolute Gasteiger partial charge is 2.00 e. The summed E-state index contributed by atoms with van der Waals surface area (Å²) < 4.78 is 65.4. The Morgan fingerprint density at radius 2 is 0.491 bits per heavy atom. The van der Waals surface area contributed by atoms with Gasteiger partial charge in [-0.1, -0.05) is 231 Å². The second-order valence-corrected chi connectivity index (χ2v) is 19.1. The van der Waals surface area contributed by atoms with Crippen LogP contribution in [0.2, 0.25) is 0 Å². The van der Waals surface area contributed by atoms with Gasteiger partial charge in [0, 0.05) is 0 Å². The molecule has 0 aliphatic rings. The molecule has 0 aliphatic heterocycles. The Labute approximate surface area is 392 Å². The molecule has 0 heterocycles. The summed E-state index contributed by atoms with van der Waals surface area (Å²) in [7, 11) is -8.64. The minimum absolute atomic E-state index is 0. The summed E-state index contributed by atoms with van der Waals surface area (Å²) in [4.78, 5) is -0.272. The molecule has 2 aromatic rings. The van der Waals surface area contributed by atoms with Crippen molar-refractivity contribution in [1.82, 2.24) is 0 Å². The minimum atomic E-state index is -4.32. The maximum Gasteiger partial charge on any atom is 2.00 e. The van der Waals surface area contributed by atoms with E-state index in [1.165, 1.54) is 217 Å². The predicted octanol–water partition coefficient (Wildman–Crippen LogP) is 14.4. The topological polar surface area (TPSA) is 114 Å². The van der Waals surface area contributed by atoms with Crippen LogP contribution in [0.3, 0.4) is 0 Å². The molecule has 0 saturated carbocycles. The fourth-order valence-corrected chi connectivity index (χ4v) is 8.34. The van der Waals surface area contributed by atoms with Crippen LogP contribution < -0.4 is 0 Å². The Morgan fingerprint density at radius 1 is 0.316 bits per heavy atom. The molecule has 0 radical (unpaired) electrons. The van der Waals surface area contributed by atoms with Crippen LogP contribution in [-0.2, 0) is 33.1 Å². The number of aryl methyl sites for hydroxylation is 2. The van der Waals surface area contributed by atoms with Crippen molar-refractivity contribution in [2.24, 2.45) is 0 Å². The van der Waals surface area contributed by atoms with Gasteiger partial charge in [-0.15, -0.1) is 0 Å². The van der Waals surface area contributed by atoms with Crippen LogP contribution in [0, 0.1) is 0 Å². The number of benzene rings is 2. The number of unbranched alkanes of at least 4 members (excludes halogenated alkanes) is 30. The molecule has 0 N–H and O–H groups in total. The zero-order valence-corrected chi connectivity index (χ0v) is 42.7. The molecule has 0 amide bonds. The summed E-state index contributed by atoms with van der Waals surface area (Å²) in [6.07, 6.45) is 45.5. The van der Waals surface area contributed by atoms with Crippen molar-refractivity contribution in [2.75, 3.05) is 0 Å². The third kappa shape index (κ3) is 35.2. The predicted molar refractivity (Wildman–Crippen MR) is 241 cm³/mol. The molecule has 324 valence electrons. The number of rotatable bonds is 36. The molecule has 0 aromatic heterocycles. The molecule has 0 atom stereocenters. The van der Waals surface area contributed by atoms with Crippen LogP contribution in [0.5, 0.6) is 0 Å². The number of hydrogen-bond donors (Lipinski definition) is 0. The molecule has 0 saturated heterocycles. The summed E-state index contributed by atoms with van der Waals surface area (Å²) in [5, 5.41) is 0. The van der Waals surface area contributed by atoms with Crippen molar-refractivity contribution < 1.29 is 25.9 Å². The average Bonchev–Trinajstić information content (AvgIpc) is 3.17. The van der Waals surface area contributed by atoms with Crippen molar-refractivity contribution in [2.45, 2.75) is 242 Å². The van der Waals surface area contributed by atoms with Gasteiger partial charge in [-0.05, 0) is 61.1 Å². The van der Waals surface area contributed by atoms with Gasteiger partial charge in [0.15, 0.2) is 0 Å². The van der Waals surface area contributed by atoms with Crippen LogP contribution in [0.25, 0.3) is 0 Å². The van der Waals surface area contributed by atoms with Gasteiger partial charge >= 0.3 is 48.9 Å². The van der Waals surface area contributed by atoms with Crippen molar-refractivity contribution >= 4 is 69.1 Å². The number of hydrogen-bond acceptors (Lipinski definition) is 6. The van der Waals surface area contributed by atoms with E-state index in [1.807, 2.05) is 0 Å². The summed E-state index contributed by atoms with van der Waals surface area (Å²) in [6.45, 7) is 4.55. The molecular weight excluding hydrogens is 874 g/mol. The summed E-state index contributed by atoms with van der Waals surface area (Å²) in [6, 6.07) is 12.7. The van der Waals surface area contributed by atoms with E-state index in [9.17, 15) is 25.9 Å². The fraction of sp³-hybridized carbons (Fsp3) is 0.750. The van der Waals surface area contributed by atoms with E-state index in [4.69, 9.17) is 0 Å². The van der Waals surface area contributed by atoms with Gasteiger partial charge < -0.3 is 9.11 Å². The minimum Gasteiger partial charge on any atom is -0.744 e. The molecule has 9 heteroatoms. The molecule has 6 nitrogen and oxygen atoms in total. The SMILES string of the molecule is CCCCCCCCCCCCCCCCCCc1ccc(S(=O)(=O)[O-])cc1.CCCCCCCCCCCCCCCCCCc1ccc(S(=O)(=O)[O-])cc1.[Ba+2]. The monoisotopic (exact) mass is 956 g/mol. The molecule has 0 aliphatic carbocycles. The van der Waals surface area contributed by atoms with Gasteiger partial charge in [-0.2, -0.15) is 0 Å². The van der Waals surface area contributed by atoms with E-state index in [1.54, 1.807) is 24.3 Å². The van der Waals surface area contributed by atoms with E-state index in [0.717, 1.165) is 36.8 Å². The van der Waals surface area contributed by atoms with Crippen LogP contribution in [0.15, 0.2) is 58.3 Å². The van der Waals surface area contributed by atoms with Crippen LogP contribution in [0.1, 0.15) is 230 Å². The van der Waals surface area contributed by atoms with E-state index in [0.29, 0.717) is 0 Å². The Balaban J connectivity index is 0.00000108. The van der Waals surface area contributed by atoms with E-state index in [-0.39, 0.29) is 58.7 Å². The van der Waals surface area contributed by atoms with Crippen LogP contribution in [0.4, 0.5) is 0 Å². The molecule has 2 rings (SSSR count). The van der Waals surface area contributed by atoms with Crippen molar-refractivity contribution in [3.8, 4) is 0 Å². The van der Waals surface area contributed by atoms with Gasteiger partial charge in [0.05, 0.1) is 9.79 Å². The average molecular weight is 957 g/mol. The maximum absolute atomic E-state index is 10.9. The van der Waals surface area contributed by atoms with E-state index < -0.39 is 20.2 Å². The summed E-state index contributed by atoms with van der Waals surface area (Å²) >= 11 is 0. The first-order valence-electron chi connectivity index (χ1n) is 23.2. The first-order chi connectivity index (χ1) is 27.1. The Morgan fingerprint density at radius 3 is 0.667 bits per heavy atom. The summed E-state index contributed by atoms with van der Waals surface area (Å²) in [5.41, 5.74) is 2.22. The zero-order valence-electron chi connectivity index (χ0n) is 36.6. The third-order valence-electron chi connectivity index (χ3n) is 11.1. The Kier molecular flexibility index (Phi) is 38.6. The Bertz CT molecular complexity index is 1270. The molecule has 0 spiro atoms. The van der Waals surface area contributed by atoms with Crippen molar-refractivity contribution in [3.63, 3.8) is 0 Å². The second kappa shape index (κ2) is 38.7. The van der Waals surface area contributed by atoms with E-state index in [2.05, 4.69) is 13.8 Å². The zero-order chi connectivity index (χ0) is 41.0. The van der Waals surface area contributed by atoms with Crippen molar-refractivity contribution in [3.05, 3.63) is 59.7 Å². The summed E-state index contributed by atoms with van der Waals surface area (Å²) in [5.74, 6) is 0. The third-order valence-corrected chi connectivity index (χ3v) is 12.8. The van der Waals surface area contributed by atoms with Gasteiger partial charge in [0.2, 0.25) is 0 Å². The molecule has 57 heavy (non-hydrogen) atoms. The molecule has 2 aromatic carbocycles. The van der Waals surface area contributed by atoms with Crippen LogP contribution >= 0.6 is 0 Å². The Hall–Kier alpha value is -0.169.